The molecule has 0 saturated carbocycles. The summed E-state index contributed by atoms with van der Waals surface area (Å²) in [6.07, 6.45) is -0.0157. The number of benzene rings is 1. The summed E-state index contributed by atoms with van der Waals surface area (Å²) in [6, 6.07) is 3.03. The summed E-state index contributed by atoms with van der Waals surface area (Å²) < 4.78 is 21.1. The Balaban J connectivity index is 3.26. The predicted molar refractivity (Wildman–Crippen MR) is 132 cm³/mol. The largest absolute Gasteiger partial charge is 0.508 e. The highest BCUT2D eigenvalue weighted by molar-refractivity contribution is 5.78. The van der Waals surface area contributed by atoms with Gasteiger partial charge in [-0.1, -0.05) is 61.0 Å². The van der Waals surface area contributed by atoms with E-state index >= 15 is 0 Å². The van der Waals surface area contributed by atoms with Crippen LogP contribution in [0.1, 0.15) is 66.4 Å². The number of carboxylic acids is 1. The van der Waals surface area contributed by atoms with Gasteiger partial charge in [-0.15, -0.1) is 0 Å². The molecule has 0 spiro atoms. The first kappa shape index (κ1) is 30.9. The van der Waals surface area contributed by atoms with Crippen molar-refractivity contribution in [2.24, 2.45) is 29.4 Å². The molecule has 0 aliphatic heterocycles. The fraction of sp³-hybridized carbons (Fsp3) is 0.615. The van der Waals surface area contributed by atoms with Crippen molar-refractivity contribution in [1.82, 2.24) is 0 Å². The van der Waals surface area contributed by atoms with Gasteiger partial charge < -0.3 is 29.8 Å². The van der Waals surface area contributed by atoms with Crippen molar-refractivity contribution >= 4 is 24.1 Å². The SMILES string of the molecule is CCC(C)COC(=O)OCC(C)C(c1ccc(OC(=O)C(C)C)c(OC(=O)C(C)C)c1)[C@H](N)C(=O)O. The smallest absolute Gasteiger partial charge is 0.480 e. The predicted octanol–water partition coefficient (Wildman–Crippen LogP) is 4.14. The average Bonchev–Trinajstić information content (AvgIpc) is 2.82. The molecule has 202 valence electrons. The van der Waals surface area contributed by atoms with E-state index in [1.165, 1.54) is 12.1 Å². The molecule has 3 N–H and O–H groups in total. The lowest BCUT2D eigenvalue weighted by Crippen LogP contribution is -2.40. The van der Waals surface area contributed by atoms with Gasteiger partial charge in [-0.25, -0.2) is 4.79 Å². The van der Waals surface area contributed by atoms with Crippen LogP contribution in [0.25, 0.3) is 0 Å². The van der Waals surface area contributed by atoms with E-state index in [9.17, 15) is 24.3 Å². The lowest BCUT2D eigenvalue weighted by Gasteiger charge is -2.28. The first-order chi connectivity index (χ1) is 16.8. The molecule has 0 amide bonds. The van der Waals surface area contributed by atoms with Gasteiger partial charge in [0.1, 0.15) is 6.04 Å². The summed E-state index contributed by atoms with van der Waals surface area (Å²) in [6.45, 7) is 12.3. The number of hydrogen-bond donors (Lipinski definition) is 2. The van der Waals surface area contributed by atoms with E-state index in [0.717, 1.165) is 6.42 Å². The Hall–Kier alpha value is -3.14. The monoisotopic (exact) mass is 509 g/mol. The van der Waals surface area contributed by atoms with Crippen molar-refractivity contribution in [3.63, 3.8) is 0 Å². The maximum Gasteiger partial charge on any atom is 0.508 e. The highest BCUT2D eigenvalue weighted by Gasteiger charge is 2.33. The van der Waals surface area contributed by atoms with E-state index in [4.69, 9.17) is 24.7 Å². The summed E-state index contributed by atoms with van der Waals surface area (Å²) in [5.41, 5.74) is 6.42. The molecular weight excluding hydrogens is 470 g/mol. The lowest BCUT2D eigenvalue weighted by molar-refractivity contribution is -0.140. The standard InChI is InChI=1S/C26H39NO9/c1-8-16(6)12-33-26(32)34-13-17(7)21(22(27)23(28)29)18-9-10-19(35-24(30)14(2)3)20(11-18)36-25(31)15(4)5/h9-11,14-17,21-22H,8,12-13,27H2,1-7H3,(H,28,29)/t16?,17?,21?,22-/m0/s1. The lowest BCUT2D eigenvalue weighted by atomic mass is 9.82. The van der Waals surface area contributed by atoms with Crippen LogP contribution in [-0.2, 0) is 23.9 Å². The van der Waals surface area contributed by atoms with Gasteiger partial charge in [-0.2, -0.15) is 0 Å². The molecule has 0 aromatic heterocycles. The summed E-state index contributed by atoms with van der Waals surface area (Å²) in [4.78, 5) is 48.2. The zero-order chi connectivity index (χ0) is 27.6. The fourth-order valence-electron chi connectivity index (χ4n) is 3.06. The minimum absolute atomic E-state index is 0.0200. The van der Waals surface area contributed by atoms with Crippen molar-refractivity contribution in [3.8, 4) is 11.5 Å². The van der Waals surface area contributed by atoms with Crippen molar-refractivity contribution < 1.29 is 43.2 Å². The number of hydrogen-bond acceptors (Lipinski definition) is 9. The molecule has 0 aliphatic rings. The molecule has 0 radical (unpaired) electrons. The minimum atomic E-state index is -1.36. The van der Waals surface area contributed by atoms with Gasteiger partial charge in [0.25, 0.3) is 0 Å². The zero-order valence-corrected chi connectivity index (χ0v) is 22.1. The Morgan fingerprint density at radius 3 is 1.89 bits per heavy atom. The van der Waals surface area contributed by atoms with Gasteiger partial charge in [0.2, 0.25) is 0 Å². The van der Waals surface area contributed by atoms with Crippen LogP contribution in [-0.4, -0.2) is 48.4 Å². The zero-order valence-electron chi connectivity index (χ0n) is 22.1. The molecule has 36 heavy (non-hydrogen) atoms. The van der Waals surface area contributed by atoms with E-state index < -0.39 is 53.8 Å². The van der Waals surface area contributed by atoms with Gasteiger partial charge in [-0.05, 0) is 29.5 Å². The second kappa shape index (κ2) is 14.4. The number of aliphatic carboxylic acids is 1. The van der Waals surface area contributed by atoms with Crippen LogP contribution in [0, 0.1) is 23.7 Å². The van der Waals surface area contributed by atoms with Crippen LogP contribution in [0.15, 0.2) is 18.2 Å². The van der Waals surface area contributed by atoms with Crippen LogP contribution < -0.4 is 15.2 Å². The molecule has 0 saturated heterocycles. The van der Waals surface area contributed by atoms with Crippen LogP contribution in [0.4, 0.5) is 4.79 Å². The van der Waals surface area contributed by atoms with Crippen LogP contribution in [0.2, 0.25) is 0 Å². The summed E-state index contributed by atoms with van der Waals surface area (Å²) >= 11 is 0. The maximum atomic E-state index is 12.3. The highest BCUT2D eigenvalue weighted by atomic mass is 16.7. The molecule has 0 bridgehead atoms. The van der Waals surface area contributed by atoms with Gasteiger partial charge in [-0.3, -0.25) is 14.4 Å². The fourth-order valence-corrected chi connectivity index (χ4v) is 3.06. The van der Waals surface area contributed by atoms with E-state index in [2.05, 4.69) is 0 Å². The Morgan fingerprint density at radius 2 is 1.39 bits per heavy atom. The molecule has 10 heteroatoms. The molecule has 1 aromatic rings. The molecule has 1 aromatic carbocycles. The normalized spacial score (nSPS) is 14.5. The number of esters is 2. The van der Waals surface area contributed by atoms with E-state index in [1.54, 1.807) is 40.7 Å². The van der Waals surface area contributed by atoms with Crippen molar-refractivity contribution in [2.45, 2.75) is 66.8 Å². The summed E-state index contributed by atoms with van der Waals surface area (Å²) in [5, 5.41) is 9.62. The van der Waals surface area contributed by atoms with Gasteiger partial charge >= 0.3 is 24.1 Å². The van der Waals surface area contributed by atoms with Gasteiger partial charge in [0, 0.05) is 5.92 Å². The topological polar surface area (TPSA) is 151 Å². The van der Waals surface area contributed by atoms with Gasteiger partial charge in [0.05, 0.1) is 25.0 Å². The summed E-state index contributed by atoms with van der Waals surface area (Å²) in [5.74, 6) is -4.47. The second-order valence-corrected chi connectivity index (χ2v) is 9.61. The van der Waals surface area contributed by atoms with E-state index in [0.29, 0.717) is 5.56 Å². The Kier molecular flexibility index (Phi) is 12.4. The Morgan fingerprint density at radius 1 is 0.861 bits per heavy atom. The maximum absolute atomic E-state index is 12.3. The first-order valence-corrected chi connectivity index (χ1v) is 12.1. The molecule has 4 atom stereocenters. The highest BCUT2D eigenvalue weighted by Crippen LogP contribution is 2.36. The van der Waals surface area contributed by atoms with Crippen molar-refractivity contribution in [1.29, 1.82) is 0 Å². The van der Waals surface area contributed by atoms with Crippen LogP contribution in [0.5, 0.6) is 11.5 Å². The quantitative estimate of drug-likeness (QED) is 0.293. The number of carbonyl (C=O) groups excluding carboxylic acids is 3. The number of ether oxygens (including phenoxy) is 4. The van der Waals surface area contributed by atoms with Crippen LogP contribution >= 0.6 is 0 Å². The molecular formula is C26H39NO9. The average molecular weight is 510 g/mol. The molecule has 3 unspecified atom stereocenters. The number of nitrogens with two attached hydrogens (primary N) is 1. The summed E-state index contributed by atoms with van der Waals surface area (Å²) in [7, 11) is 0. The number of carbonyl (C=O) groups is 4. The third-order valence-corrected chi connectivity index (χ3v) is 5.65. The van der Waals surface area contributed by atoms with Crippen LogP contribution in [0.3, 0.4) is 0 Å². The first-order valence-electron chi connectivity index (χ1n) is 12.1. The third kappa shape index (κ3) is 9.49. The third-order valence-electron chi connectivity index (χ3n) is 5.65. The number of carboxylic acid groups (broad SMARTS) is 1. The van der Waals surface area contributed by atoms with E-state index in [-0.39, 0.29) is 30.6 Å². The van der Waals surface area contributed by atoms with Crippen molar-refractivity contribution in [2.75, 3.05) is 13.2 Å². The number of rotatable bonds is 13. The van der Waals surface area contributed by atoms with Gasteiger partial charge in [0.15, 0.2) is 11.5 Å². The van der Waals surface area contributed by atoms with E-state index in [1.807, 2.05) is 13.8 Å². The Bertz CT molecular complexity index is 913. The second-order valence-electron chi connectivity index (χ2n) is 9.61. The molecule has 10 nitrogen and oxygen atoms in total. The minimum Gasteiger partial charge on any atom is -0.480 e. The molecule has 1 rings (SSSR count). The molecule has 0 aliphatic carbocycles. The Labute approximate surface area is 212 Å². The molecule has 0 fully saturated rings. The molecule has 0 heterocycles. The van der Waals surface area contributed by atoms with Crippen molar-refractivity contribution in [3.05, 3.63) is 23.8 Å².